The minimum Gasteiger partial charge on any atom is -0.462 e. The van der Waals surface area contributed by atoms with Gasteiger partial charge in [-0.2, -0.15) is 44.6 Å². The molecule has 0 fully saturated rings. The number of aromatic nitrogens is 3. The number of halogens is 9. The van der Waals surface area contributed by atoms with Crippen LogP contribution in [0.4, 0.5) is 44.6 Å². The number of nitrogens with one attached hydrogen (secondary N) is 1. The second kappa shape index (κ2) is 9.58. The van der Waals surface area contributed by atoms with Crippen molar-refractivity contribution in [3.63, 3.8) is 0 Å². The summed E-state index contributed by atoms with van der Waals surface area (Å²) in [5, 5.41) is 6.18. The molecule has 18 heteroatoms. The van der Waals surface area contributed by atoms with Gasteiger partial charge in [0, 0.05) is 17.0 Å². The number of thiazole rings is 1. The maximum absolute atomic E-state index is 13.1. The van der Waals surface area contributed by atoms with Crippen LogP contribution in [0.25, 0.3) is 10.9 Å². The summed E-state index contributed by atoms with van der Waals surface area (Å²) in [6, 6.07) is 7.01. The SMILES string of the molecule is O=S(=O)(Nc1nccs1)c1ccc2c(cnn2Cc2ccc(OC(C(F)(F)F)(C(F)(F)F)C(F)(F)F)cc2)c1. The lowest BCUT2D eigenvalue weighted by Gasteiger charge is -2.38. The topological polar surface area (TPSA) is 86.1 Å². The highest BCUT2D eigenvalue weighted by Gasteiger charge is 2.87. The zero-order chi connectivity index (χ0) is 28.9. The summed E-state index contributed by atoms with van der Waals surface area (Å²) in [4.78, 5) is 3.73. The van der Waals surface area contributed by atoms with E-state index < -0.39 is 39.9 Å². The molecule has 0 unspecified atom stereocenters. The summed E-state index contributed by atoms with van der Waals surface area (Å²) in [6.07, 6.45) is -17.9. The van der Waals surface area contributed by atoms with E-state index in [2.05, 4.69) is 19.5 Å². The van der Waals surface area contributed by atoms with Crippen LogP contribution in [0.2, 0.25) is 0 Å². The lowest BCUT2D eigenvalue weighted by Crippen LogP contribution is -2.69. The third kappa shape index (κ3) is 5.34. The van der Waals surface area contributed by atoms with E-state index in [-0.39, 0.29) is 22.1 Å². The Morgan fingerprint density at radius 2 is 1.51 bits per heavy atom. The van der Waals surface area contributed by atoms with Gasteiger partial charge in [0.2, 0.25) is 0 Å². The van der Waals surface area contributed by atoms with Crippen LogP contribution in [0.5, 0.6) is 5.75 Å². The average molecular weight is 604 g/mol. The van der Waals surface area contributed by atoms with Crippen molar-refractivity contribution in [3.05, 3.63) is 65.8 Å². The van der Waals surface area contributed by atoms with Crippen molar-refractivity contribution in [2.75, 3.05) is 4.72 Å². The summed E-state index contributed by atoms with van der Waals surface area (Å²) < 4.78 is 150. The highest BCUT2D eigenvalue weighted by Crippen LogP contribution is 2.54. The third-order valence-corrected chi connectivity index (χ3v) is 7.46. The Hall–Kier alpha value is -3.54. The van der Waals surface area contributed by atoms with Crippen LogP contribution < -0.4 is 9.46 Å². The monoisotopic (exact) mass is 604 g/mol. The molecule has 39 heavy (non-hydrogen) atoms. The number of hydrogen-bond donors (Lipinski definition) is 1. The standard InChI is InChI=1S/C21H13F9N4O3S2/c22-19(23,24)18(20(25,26)27,21(28,29)30)37-14-3-1-12(2-4-14)11-34-16-6-5-15(9-13(16)10-32-34)39(35,36)33-17-31-7-8-38-17/h1-10H,11H2,(H,31,33). The molecular formula is C21H13F9N4O3S2. The van der Waals surface area contributed by atoms with Gasteiger partial charge in [-0.3, -0.25) is 9.40 Å². The molecule has 4 aromatic rings. The van der Waals surface area contributed by atoms with Crippen LogP contribution in [0.3, 0.4) is 0 Å². The van der Waals surface area contributed by atoms with Gasteiger partial charge in [0.15, 0.2) is 5.13 Å². The van der Waals surface area contributed by atoms with E-state index in [1.807, 2.05) is 0 Å². The maximum Gasteiger partial charge on any atom is 0.447 e. The molecule has 2 heterocycles. The first-order valence-corrected chi connectivity index (χ1v) is 12.7. The average Bonchev–Trinajstić information content (AvgIpc) is 3.45. The Bertz CT molecular complexity index is 1530. The second-order valence-electron chi connectivity index (χ2n) is 7.89. The van der Waals surface area contributed by atoms with Gasteiger partial charge < -0.3 is 4.74 Å². The van der Waals surface area contributed by atoms with Crippen LogP contribution in [0.1, 0.15) is 5.56 Å². The lowest BCUT2D eigenvalue weighted by molar-refractivity contribution is -0.436. The number of anilines is 1. The van der Waals surface area contributed by atoms with E-state index in [0.717, 1.165) is 23.5 Å². The van der Waals surface area contributed by atoms with Gasteiger partial charge in [0.25, 0.3) is 10.0 Å². The molecular weight excluding hydrogens is 591 g/mol. The van der Waals surface area contributed by atoms with E-state index in [4.69, 9.17) is 0 Å². The molecule has 2 aromatic heterocycles. The zero-order valence-corrected chi connectivity index (χ0v) is 20.4. The van der Waals surface area contributed by atoms with Gasteiger partial charge >= 0.3 is 24.1 Å². The molecule has 1 N–H and O–H groups in total. The maximum atomic E-state index is 13.1. The molecule has 2 aromatic carbocycles. The number of fused-ring (bicyclic) bond motifs is 1. The molecule has 210 valence electrons. The lowest BCUT2D eigenvalue weighted by atomic mass is 10.0. The molecule has 0 saturated heterocycles. The summed E-state index contributed by atoms with van der Waals surface area (Å²) in [7, 11) is -3.97. The Kier molecular flexibility index (Phi) is 6.99. The van der Waals surface area contributed by atoms with Crippen LogP contribution >= 0.6 is 11.3 Å². The van der Waals surface area contributed by atoms with Gasteiger partial charge in [-0.1, -0.05) is 12.1 Å². The van der Waals surface area contributed by atoms with Crippen LogP contribution in [0, 0.1) is 0 Å². The first-order valence-electron chi connectivity index (χ1n) is 10.3. The number of sulfonamides is 1. The largest absolute Gasteiger partial charge is 0.462 e. The summed E-state index contributed by atoms with van der Waals surface area (Å²) in [6.45, 7) is -0.115. The molecule has 0 bridgehead atoms. The van der Waals surface area contributed by atoms with E-state index in [1.54, 1.807) is 5.38 Å². The van der Waals surface area contributed by atoms with Crippen molar-refractivity contribution in [1.29, 1.82) is 0 Å². The number of ether oxygens (including phenoxy) is 1. The Balaban J connectivity index is 1.57. The van der Waals surface area contributed by atoms with Crippen molar-refractivity contribution in [2.24, 2.45) is 0 Å². The van der Waals surface area contributed by atoms with Crippen molar-refractivity contribution < 1.29 is 52.7 Å². The molecule has 0 saturated carbocycles. The third-order valence-electron chi connectivity index (χ3n) is 5.30. The Morgan fingerprint density at radius 3 is 2.05 bits per heavy atom. The Morgan fingerprint density at radius 1 is 0.897 bits per heavy atom. The molecule has 0 spiro atoms. The summed E-state index contributed by atoms with van der Waals surface area (Å²) >= 11 is 1.07. The number of benzene rings is 2. The van der Waals surface area contributed by atoms with E-state index in [0.29, 0.717) is 23.0 Å². The fourth-order valence-electron chi connectivity index (χ4n) is 3.47. The van der Waals surface area contributed by atoms with Gasteiger partial charge in [0.1, 0.15) is 5.75 Å². The molecule has 0 radical (unpaired) electrons. The van der Waals surface area contributed by atoms with Crippen molar-refractivity contribution in [2.45, 2.75) is 35.6 Å². The zero-order valence-electron chi connectivity index (χ0n) is 18.8. The minimum absolute atomic E-state index is 0.103. The number of rotatable bonds is 7. The first kappa shape index (κ1) is 28.5. The molecule has 0 atom stereocenters. The van der Waals surface area contributed by atoms with Gasteiger partial charge in [0.05, 0.1) is 23.2 Å². The van der Waals surface area contributed by atoms with Crippen LogP contribution in [-0.2, 0) is 16.6 Å². The smallest absolute Gasteiger partial charge is 0.447 e. The molecule has 7 nitrogen and oxygen atoms in total. The molecule has 0 amide bonds. The Labute approximate surface area is 216 Å². The number of hydrogen-bond acceptors (Lipinski definition) is 6. The molecule has 0 aliphatic heterocycles. The van der Waals surface area contributed by atoms with Gasteiger partial charge in [-0.25, -0.2) is 13.4 Å². The van der Waals surface area contributed by atoms with E-state index in [9.17, 15) is 47.9 Å². The number of alkyl halides is 9. The molecule has 0 aliphatic carbocycles. The molecule has 4 rings (SSSR count). The molecule has 0 aliphatic rings. The highest BCUT2D eigenvalue weighted by atomic mass is 32.2. The summed E-state index contributed by atoms with van der Waals surface area (Å²) in [5.41, 5.74) is -5.79. The van der Waals surface area contributed by atoms with Crippen LogP contribution in [0.15, 0.2) is 65.1 Å². The summed E-state index contributed by atoms with van der Waals surface area (Å²) in [5.74, 6) is -1.32. The van der Waals surface area contributed by atoms with Gasteiger partial charge in [-0.05, 0) is 35.9 Å². The minimum atomic E-state index is -6.86. The van der Waals surface area contributed by atoms with Crippen LogP contribution in [-0.4, -0.2) is 47.3 Å². The van der Waals surface area contributed by atoms with Crippen molar-refractivity contribution >= 4 is 37.4 Å². The second-order valence-corrected chi connectivity index (χ2v) is 10.5. The number of nitrogens with zero attached hydrogens (tertiary/aromatic N) is 3. The predicted octanol–water partition coefficient (Wildman–Crippen LogP) is 6.15. The van der Waals surface area contributed by atoms with E-state index in [1.165, 1.54) is 35.3 Å². The first-order chi connectivity index (χ1) is 17.9. The van der Waals surface area contributed by atoms with Crippen molar-refractivity contribution in [1.82, 2.24) is 14.8 Å². The highest BCUT2D eigenvalue weighted by molar-refractivity contribution is 7.93. The predicted molar refractivity (Wildman–Crippen MR) is 120 cm³/mol. The van der Waals surface area contributed by atoms with Gasteiger partial charge in [-0.15, -0.1) is 11.3 Å². The van der Waals surface area contributed by atoms with Crippen molar-refractivity contribution in [3.8, 4) is 5.75 Å². The van der Waals surface area contributed by atoms with E-state index >= 15 is 0 Å². The quantitative estimate of drug-likeness (QED) is 0.256. The fourth-order valence-corrected chi connectivity index (χ4v) is 5.30. The fraction of sp³-hybridized carbons (Fsp3) is 0.238. The normalized spacial score (nSPS) is 13.6.